The average Bonchev–Trinajstić information content (AvgIpc) is 2.35. The number of hydrogen-bond donors (Lipinski definition) is 2. The number of aromatic hydroxyl groups is 1. The number of amides is 1. The highest BCUT2D eigenvalue weighted by Gasteiger charge is 2.22. The Kier molecular flexibility index (Phi) is 5.16. The minimum atomic E-state index is -0.149. The van der Waals surface area contributed by atoms with Gasteiger partial charge in [0.2, 0.25) is 5.91 Å². The van der Waals surface area contributed by atoms with Crippen LogP contribution in [0.25, 0.3) is 0 Å². The number of nitrogens with two attached hydrogens (primary N) is 1. The van der Waals surface area contributed by atoms with Crippen LogP contribution in [0.5, 0.6) is 5.75 Å². The van der Waals surface area contributed by atoms with Crippen LogP contribution in [0, 0.1) is 11.8 Å². The molecule has 0 bridgehead atoms. The summed E-state index contributed by atoms with van der Waals surface area (Å²) in [5, 5.41) is 9.23. The molecule has 0 saturated heterocycles. The van der Waals surface area contributed by atoms with Gasteiger partial charge in [0.15, 0.2) is 0 Å². The Hall–Kier alpha value is -1.55. The van der Waals surface area contributed by atoms with E-state index in [1.54, 1.807) is 36.2 Å². The van der Waals surface area contributed by atoms with Crippen LogP contribution in [0.1, 0.15) is 20.3 Å². The van der Waals surface area contributed by atoms with E-state index in [0.717, 1.165) is 12.1 Å². The molecule has 100 valence electrons. The number of phenolic OH excluding ortho intramolecular Hbond substituents is 1. The lowest BCUT2D eigenvalue weighted by Crippen LogP contribution is -2.37. The summed E-state index contributed by atoms with van der Waals surface area (Å²) < 4.78 is 0. The maximum absolute atomic E-state index is 12.3. The van der Waals surface area contributed by atoms with Crippen LogP contribution in [0.15, 0.2) is 24.3 Å². The van der Waals surface area contributed by atoms with Crippen molar-refractivity contribution in [3.63, 3.8) is 0 Å². The number of carbonyl (C=O) groups excluding carboxylic acids is 1. The van der Waals surface area contributed by atoms with Gasteiger partial charge in [-0.1, -0.05) is 13.8 Å². The van der Waals surface area contributed by atoms with E-state index in [-0.39, 0.29) is 17.6 Å². The predicted octanol–water partition coefficient (Wildman–Crippen LogP) is 1.98. The molecule has 1 aromatic carbocycles. The molecule has 1 amide bonds. The van der Waals surface area contributed by atoms with Crippen LogP contribution in [-0.2, 0) is 4.79 Å². The first kappa shape index (κ1) is 14.5. The Morgan fingerprint density at radius 3 is 2.33 bits per heavy atom. The van der Waals surface area contributed by atoms with Gasteiger partial charge in [-0.25, -0.2) is 0 Å². The van der Waals surface area contributed by atoms with Crippen LogP contribution >= 0.6 is 0 Å². The Balaban J connectivity index is 2.78. The molecule has 0 aliphatic rings. The van der Waals surface area contributed by atoms with Gasteiger partial charge in [-0.3, -0.25) is 4.79 Å². The Bertz CT molecular complexity index is 387. The summed E-state index contributed by atoms with van der Waals surface area (Å²) in [4.78, 5) is 13.9. The Morgan fingerprint density at radius 1 is 1.33 bits per heavy atom. The van der Waals surface area contributed by atoms with Crippen molar-refractivity contribution in [1.29, 1.82) is 0 Å². The van der Waals surface area contributed by atoms with Crippen molar-refractivity contribution in [2.24, 2.45) is 17.6 Å². The smallest absolute Gasteiger partial charge is 0.231 e. The molecule has 1 aromatic rings. The minimum absolute atomic E-state index is 0.0249. The lowest BCUT2D eigenvalue weighted by Gasteiger charge is -2.24. The van der Waals surface area contributed by atoms with E-state index in [1.807, 2.05) is 0 Å². The van der Waals surface area contributed by atoms with Gasteiger partial charge in [0.05, 0.1) is 5.92 Å². The van der Waals surface area contributed by atoms with Crippen molar-refractivity contribution in [1.82, 2.24) is 0 Å². The molecule has 1 rings (SSSR count). The molecule has 4 nitrogen and oxygen atoms in total. The molecule has 1 unspecified atom stereocenters. The SMILES string of the molecule is CC(C)CC(CN)C(=O)N(C)c1ccc(O)cc1. The number of hydrogen-bond acceptors (Lipinski definition) is 3. The van der Waals surface area contributed by atoms with E-state index in [1.165, 1.54) is 0 Å². The highest BCUT2D eigenvalue weighted by atomic mass is 16.3. The summed E-state index contributed by atoms with van der Waals surface area (Å²) in [6.07, 6.45) is 0.789. The second kappa shape index (κ2) is 6.40. The van der Waals surface area contributed by atoms with Crippen molar-refractivity contribution in [2.45, 2.75) is 20.3 Å². The van der Waals surface area contributed by atoms with Crippen LogP contribution in [0.2, 0.25) is 0 Å². The molecule has 0 saturated carbocycles. The quantitative estimate of drug-likeness (QED) is 0.839. The molecule has 0 aliphatic heterocycles. The van der Waals surface area contributed by atoms with Crippen LogP contribution in [-0.4, -0.2) is 24.6 Å². The molecule has 0 spiro atoms. The molecular weight excluding hydrogens is 228 g/mol. The maximum Gasteiger partial charge on any atom is 0.231 e. The molecule has 0 radical (unpaired) electrons. The van der Waals surface area contributed by atoms with Crippen molar-refractivity contribution in [2.75, 3.05) is 18.5 Å². The van der Waals surface area contributed by atoms with Crippen LogP contribution in [0.4, 0.5) is 5.69 Å². The first-order valence-corrected chi connectivity index (χ1v) is 6.22. The Morgan fingerprint density at radius 2 is 1.89 bits per heavy atom. The van der Waals surface area contributed by atoms with Crippen LogP contribution in [0.3, 0.4) is 0 Å². The van der Waals surface area contributed by atoms with Gasteiger partial charge in [-0.05, 0) is 36.6 Å². The van der Waals surface area contributed by atoms with Gasteiger partial charge >= 0.3 is 0 Å². The fourth-order valence-electron chi connectivity index (χ4n) is 1.94. The summed E-state index contributed by atoms with van der Waals surface area (Å²) in [6.45, 7) is 4.52. The first-order chi connectivity index (χ1) is 8.45. The van der Waals surface area contributed by atoms with Gasteiger partial charge < -0.3 is 15.7 Å². The fraction of sp³-hybridized carbons (Fsp3) is 0.500. The average molecular weight is 250 g/mol. The van der Waals surface area contributed by atoms with E-state index in [2.05, 4.69) is 13.8 Å². The van der Waals surface area contributed by atoms with E-state index in [0.29, 0.717) is 12.5 Å². The number of rotatable bonds is 5. The molecule has 4 heteroatoms. The summed E-state index contributed by atoms with van der Waals surface area (Å²) in [5.74, 6) is 0.508. The van der Waals surface area contributed by atoms with Crippen molar-refractivity contribution in [3.8, 4) is 5.75 Å². The normalized spacial score (nSPS) is 12.5. The van der Waals surface area contributed by atoms with Crippen molar-refractivity contribution in [3.05, 3.63) is 24.3 Å². The molecule has 0 fully saturated rings. The van der Waals surface area contributed by atoms with Gasteiger partial charge in [0, 0.05) is 19.3 Å². The standard InChI is InChI=1S/C14H22N2O2/c1-10(2)8-11(9-15)14(18)16(3)12-4-6-13(17)7-5-12/h4-7,10-11,17H,8-9,15H2,1-3H3. The lowest BCUT2D eigenvalue weighted by atomic mass is 9.96. The molecule has 1 atom stereocenters. The van der Waals surface area contributed by atoms with E-state index >= 15 is 0 Å². The second-order valence-corrected chi connectivity index (χ2v) is 4.98. The highest BCUT2D eigenvalue weighted by molar-refractivity contribution is 5.94. The maximum atomic E-state index is 12.3. The monoisotopic (exact) mass is 250 g/mol. The predicted molar refractivity (Wildman–Crippen MR) is 73.5 cm³/mol. The Labute approximate surface area is 108 Å². The highest BCUT2D eigenvalue weighted by Crippen LogP contribution is 2.21. The number of carbonyl (C=O) groups is 1. The number of phenols is 1. The third-order valence-corrected chi connectivity index (χ3v) is 2.96. The summed E-state index contributed by atoms with van der Waals surface area (Å²) in [5.41, 5.74) is 6.44. The van der Waals surface area contributed by atoms with Gasteiger partial charge in [0.1, 0.15) is 5.75 Å². The minimum Gasteiger partial charge on any atom is -0.508 e. The topological polar surface area (TPSA) is 66.6 Å². The summed E-state index contributed by atoms with van der Waals surface area (Å²) in [7, 11) is 1.73. The lowest BCUT2D eigenvalue weighted by molar-refractivity contribution is -0.122. The number of nitrogens with zero attached hydrogens (tertiary/aromatic N) is 1. The molecule has 3 N–H and O–H groups in total. The van der Waals surface area contributed by atoms with Crippen LogP contribution < -0.4 is 10.6 Å². The summed E-state index contributed by atoms with van der Waals surface area (Å²) in [6, 6.07) is 6.57. The van der Waals surface area contributed by atoms with Gasteiger partial charge in [-0.2, -0.15) is 0 Å². The van der Waals surface area contributed by atoms with Gasteiger partial charge in [-0.15, -0.1) is 0 Å². The zero-order valence-corrected chi connectivity index (χ0v) is 11.3. The van der Waals surface area contributed by atoms with E-state index in [9.17, 15) is 9.90 Å². The third kappa shape index (κ3) is 3.74. The zero-order valence-electron chi connectivity index (χ0n) is 11.3. The van der Waals surface area contributed by atoms with Crippen molar-refractivity contribution >= 4 is 11.6 Å². The molecule has 0 heterocycles. The fourth-order valence-corrected chi connectivity index (χ4v) is 1.94. The molecule has 0 aliphatic carbocycles. The molecule has 18 heavy (non-hydrogen) atoms. The van der Waals surface area contributed by atoms with Crippen molar-refractivity contribution < 1.29 is 9.90 Å². The largest absolute Gasteiger partial charge is 0.508 e. The van der Waals surface area contributed by atoms with Gasteiger partial charge in [0.25, 0.3) is 0 Å². The van der Waals surface area contributed by atoms with E-state index in [4.69, 9.17) is 5.73 Å². The number of anilines is 1. The molecule has 0 aromatic heterocycles. The summed E-state index contributed by atoms with van der Waals surface area (Å²) >= 11 is 0. The zero-order chi connectivity index (χ0) is 13.7. The second-order valence-electron chi connectivity index (χ2n) is 4.98. The van der Waals surface area contributed by atoms with E-state index < -0.39 is 0 Å². The third-order valence-electron chi connectivity index (χ3n) is 2.96. The first-order valence-electron chi connectivity index (χ1n) is 6.22. The number of benzene rings is 1. The molecular formula is C14H22N2O2.